The summed E-state index contributed by atoms with van der Waals surface area (Å²) in [5.41, 5.74) is 1.62. The molecule has 1 unspecified atom stereocenters. The first-order chi connectivity index (χ1) is 14.0. The van der Waals surface area contributed by atoms with E-state index in [-0.39, 0.29) is 17.5 Å². The topological polar surface area (TPSA) is 111 Å². The van der Waals surface area contributed by atoms with Crippen LogP contribution in [0.15, 0.2) is 41.3 Å². The first-order valence-electron chi connectivity index (χ1n) is 9.64. The fourth-order valence-electron chi connectivity index (χ4n) is 3.21. The third kappa shape index (κ3) is 4.72. The van der Waals surface area contributed by atoms with Crippen molar-refractivity contribution in [2.24, 2.45) is 0 Å². The zero-order valence-electron chi connectivity index (χ0n) is 16.2. The van der Waals surface area contributed by atoms with Gasteiger partial charge in [-0.2, -0.15) is 4.52 Å². The number of hydrogen-bond donors (Lipinski definition) is 2. The molecule has 3 aromatic rings. The third-order valence-electron chi connectivity index (χ3n) is 4.83. The van der Waals surface area contributed by atoms with Crippen molar-refractivity contribution in [2.45, 2.75) is 37.2 Å². The van der Waals surface area contributed by atoms with Crippen LogP contribution < -0.4 is 10.0 Å². The minimum atomic E-state index is -3.56. The van der Waals surface area contributed by atoms with E-state index in [0.29, 0.717) is 30.3 Å². The van der Waals surface area contributed by atoms with Crippen molar-refractivity contribution in [2.75, 3.05) is 25.0 Å². The number of nitrogens with one attached hydrogen (secondary N) is 2. The molecule has 4 rings (SSSR count). The second-order valence-electron chi connectivity index (χ2n) is 7.08. The number of aromatic nitrogens is 4. The van der Waals surface area contributed by atoms with Gasteiger partial charge in [-0.05, 0) is 44.0 Å². The highest BCUT2D eigenvalue weighted by molar-refractivity contribution is 7.89. The van der Waals surface area contributed by atoms with Gasteiger partial charge in [-0.15, -0.1) is 15.3 Å². The lowest BCUT2D eigenvalue weighted by atomic mass is 10.2. The molecule has 1 saturated heterocycles. The number of nitrogens with zero attached hydrogens (tertiary/aromatic N) is 4. The molecule has 0 saturated carbocycles. The van der Waals surface area contributed by atoms with Crippen LogP contribution in [0.25, 0.3) is 5.65 Å². The Morgan fingerprint density at radius 3 is 2.76 bits per heavy atom. The van der Waals surface area contributed by atoms with Gasteiger partial charge >= 0.3 is 0 Å². The maximum Gasteiger partial charge on any atom is 0.240 e. The summed E-state index contributed by atoms with van der Waals surface area (Å²) in [5, 5.41) is 16.0. The number of fused-ring (bicyclic) bond motifs is 1. The Morgan fingerprint density at radius 2 is 2.00 bits per heavy atom. The molecule has 0 amide bonds. The molecule has 1 aliphatic rings. The molecule has 9 nitrogen and oxygen atoms in total. The number of anilines is 1. The molecular formula is C19H24N6O3S. The van der Waals surface area contributed by atoms with E-state index in [0.717, 1.165) is 25.0 Å². The summed E-state index contributed by atoms with van der Waals surface area (Å²) < 4.78 is 34.7. The van der Waals surface area contributed by atoms with E-state index in [9.17, 15) is 8.42 Å². The van der Waals surface area contributed by atoms with Crippen molar-refractivity contribution >= 4 is 21.5 Å². The fraction of sp³-hybridized carbons (Fsp3) is 0.421. The van der Waals surface area contributed by atoms with E-state index >= 15 is 0 Å². The molecule has 3 heterocycles. The molecule has 0 aliphatic carbocycles. The largest absolute Gasteiger partial charge is 0.376 e. The molecule has 0 bridgehead atoms. The predicted molar refractivity (Wildman–Crippen MR) is 108 cm³/mol. The van der Waals surface area contributed by atoms with Gasteiger partial charge in [0.25, 0.3) is 0 Å². The highest BCUT2D eigenvalue weighted by Crippen LogP contribution is 2.14. The summed E-state index contributed by atoms with van der Waals surface area (Å²) in [6.45, 7) is 3.63. The van der Waals surface area contributed by atoms with Crippen molar-refractivity contribution in [3.63, 3.8) is 0 Å². The molecule has 1 aromatic carbocycles. The summed E-state index contributed by atoms with van der Waals surface area (Å²) in [5.74, 6) is 1.29. The maximum atomic E-state index is 12.4. The second-order valence-corrected chi connectivity index (χ2v) is 8.85. The summed E-state index contributed by atoms with van der Waals surface area (Å²) in [6.07, 6.45) is 2.72. The highest BCUT2D eigenvalue weighted by Gasteiger charge is 2.16. The monoisotopic (exact) mass is 416 g/mol. The predicted octanol–water partition coefficient (Wildman–Crippen LogP) is 1.54. The Bertz CT molecular complexity index is 1080. The summed E-state index contributed by atoms with van der Waals surface area (Å²) in [7, 11) is -3.56. The van der Waals surface area contributed by atoms with Crippen LogP contribution in [0.4, 0.5) is 5.82 Å². The third-order valence-corrected chi connectivity index (χ3v) is 6.31. The number of ether oxygens (including phenoxy) is 1. The fourth-order valence-corrected chi connectivity index (χ4v) is 4.24. The smallest absolute Gasteiger partial charge is 0.240 e. The van der Waals surface area contributed by atoms with Gasteiger partial charge in [0.2, 0.25) is 10.0 Å². The molecule has 0 spiro atoms. The Labute approximate surface area is 169 Å². The van der Waals surface area contributed by atoms with Gasteiger partial charge in [0.05, 0.1) is 11.0 Å². The van der Waals surface area contributed by atoms with E-state index in [4.69, 9.17) is 4.74 Å². The molecule has 1 atom stereocenters. The first-order valence-corrected chi connectivity index (χ1v) is 11.1. The van der Waals surface area contributed by atoms with Crippen LogP contribution in [-0.2, 0) is 21.2 Å². The Kier molecular flexibility index (Phi) is 5.74. The van der Waals surface area contributed by atoms with Crippen LogP contribution in [0.1, 0.15) is 24.2 Å². The van der Waals surface area contributed by atoms with Gasteiger partial charge in [-0.25, -0.2) is 13.1 Å². The lowest BCUT2D eigenvalue weighted by molar-refractivity contribution is 0.120. The molecule has 154 valence electrons. The van der Waals surface area contributed by atoms with E-state index in [2.05, 4.69) is 25.3 Å². The number of rotatable bonds is 8. The van der Waals surface area contributed by atoms with Gasteiger partial charge in [-0.3, -0.25) is 0 Å². The molecular weight excluding hydrogens is 392 g/mol. The number of sulfonamides is 1. The van der Waals surface area contributed by atoms with Gasteiger partial charge in [0, 0.05) is 26.1 Å². The summed E-state index contributed by atoms with van der Waals surface area (Å²) in [6, 6.07) is 10.4. The van der Waals surface area contributed by atoms with E-state index in [1.54, 1.807) is 28.8 Å². The minimum Gasteiger partial charge on any atom is -0.376 e. The number of hydrogen-bond acceptors (Lipinski definition) is 7. The van der Waals surface area contributed by atoms with E-state index in [1.807, 2.05) is 19.1 Å². The van der Waals surface area contributed by atoms with Gasteiger partial charge in [-0.1, -0.05) is 17.7 Å². The van der Waals surface area contributed by atoms with Crippen molar-refractivity contribution in [1.82, 2.24) is 24.5 Å². The van der Waals surface area contributed by atoms with Crippen molar-refractivity contribution in [3.8, 4) is 0 Å². The highest BCUT2D eigenvalue weighted by atomic mass is 32.2. The average Bonchev–Trinajstić information content (AvgIpc) is 3.36. The molecule has 10 heteroatoms. The maximum absolute atomic E-state index is 12.4. The van der Waals surface area contributed by atoms with Crippen LogP contribution >= 0.6 is 0 Å². The summed E-state index contributed by atoms with van der Waals surface area (Å²) >= 11 is 0. The first kappa shape index (κ1) is 19.7. The summed E-state index contributed by atoms with van der Waals surface area (Å²) in [4.78, 5) is 0.243. The molecule has 2 N–H and O–H groups in total. The molecule has 29 heavy (non-hydrogen) atoms. The zero-order chi connectivity index (χ0) is 20.3. The van der Waals surface area contributed by atoms with Crippen LogP contribution in [-0.4, -0.2) is 54.0 Å². The minimum absolute atomic E-state index is 0.201. The van der Waals surface area contributed by atoms with Crippen LogP contribution in [0.3, 0.4) is 0 Å². The normalized spacial score (nSPS) is 17.1. The Hall–Kier alpha value is -2.56. The lowest BCUT2D eigenvalue weighted by Crippen LogP contribution is -2.26. The molecule has 2 aromatic heterocycles. The molecule has 0 radical (unpaired) electrons. The quantitative estimate of drug-likeness (QED) is 0.573. The average molecular weight is 417 g/mol. The lowest BCUT2D eigenvalue weighted by Gasteiger charge is -2.11. The molecule has 1 aliphatic heterocycles. The van der Waals surface area contributed by atoms with Gasteiger partial charge in [0.1, 0.15) is 5.82 Å². The van der Waals surface area contributed by atoms with Crippen LogP contribution in [0.5, 0.6) is 0 Å². The second kappa shape index (κ2) is 8.44. The van der Waals surface area contributed by atoms with Crippen molar-refractivity contribution < 1.29 is 13.2 Å². The van der Waals surface area contributed by atoms with Crippen molar-refractivity contribution in [3.05, 3.63) is 47.8 Å². The number of benzene rings is 1. The van der Waals surface area contributed by atoms with Crippen LogP contribution in [0.2, 0.25) is 0 Å². The van der Waals surface area contributed by atoms with Gasteiger partial charge in [0.15, 0.2) is 11.5 Å². The Balaban J connectivity index is 1.39. The zero-order valence-corrected chi connectivity index (χ0v) is 17.0. The van der Waals surface area contributed by atoms with Gasteiger partial charge < -0.3 is 10.1 Å². The molecule has 1 fully saturated rings. The number of aryl methyl sites for hydroxylation is 1. The van der Waals surface area contributed by atoms with Crippen molar-refractivity contribution in [1.29, 1.82) is 0 Å². The van der Waals surface area contributed by atoms with E-state index in [1.165, 1.54) is 0 Å². The van der Waals surface area contributed by atoms with Crippen LogP contribution in [0, 0.1) is 6.92 Å². The van der Waals surface area contributed by atoms with E-state index < -0.39 is 10.0 Å². The SMILES string of the molecule is Cc1ccc(S(=O)(=O)NCCc2nnc3ccc(NCC4CCCO4)nn23)cc1. The standard InChI is InChI=1S/C19H24N6O3S/c1-14-4-6-16(7-5-14)29(26,27)21-11-10-19-23-22-18-9-8-17(24-25(18)19)20-13-15-3-2-12-28-15/h4-9,15,21H,2-3,10-13H2,1H3,(H,20,24). The Morgan fingerprint density at radius 1 is 1.17 bits per heavy atom.